The third-order valence-electron chi connectivity index (χ3n) is 2.06. The molecule has 1 aromatic rings. The van der Waals surface area contributed by atoms with E-state index in [-0.39, 0.29) is 18.0 Å². The lowest BCUT2D eigenvalue weighted by molar-refractivity contribution is -0.120. The molecule has 0 atom stereocenters. The molecule has 1 rings (SSSR count). The van der Waals surface area contributed by atoms with Crippen molar-refractivity contribution in [2.24, 2.45) is 0 Å². The Balaban J connectivity index is 2.57. The molecule has 0 aromatic heterocycles. The van der Waals surface area contributed by atoms with E-state index in [0.29, 0.717) is 10.0 Å². The summed E-state index contributed by atoms with van der Waals surface area (Å²) in [4.78, 5) is 11.6. The van der Waals surface area contributed by atoms with Gasteiger partial charge < -0.3 is 10.6 Å². The molecule has 96 valence electrons. The molecule has 0 radical (unpaired) electrons. The van der Waals surface area contributed by atoms with Gasteiger partial charge in [-0.3, -0.25) is 4.79 Å². The fraction of sp³-hybridized carbons (Fsp3) is 0.385. The van der Waals surface area contributed by atoms with Crippen molar-refractivity contribution < 1.29 is 4.79 Å². The number of hydrogen-bond acceptors (Lipinski definition) is 3. The number of nitriles is 1. The zero-order valence-electron chi connectivity index (χ0n) is 10.7. The Bertz CT molecular complexity index is 486. The van der Waals surface area contributed by atoms with E-state index in [1.54, 1.807) is 18.2 Å². The van der Waals surface area contributed by atoms with Crippen molar-refractivity contribution >= 4 is 27.5 Å². The van der Waals surface area contributed by atoms with Crippen LogP contribution in [0, 0.1) is 11.3 Å². The van der Waals surface area contributed by atoms with Gasteiger partial charge in [-0.1, -0.05) is 0 Å². The van der Waals surface area contributed by atoms with Crippen LogP contribution in [0.15, 0.2) is 22.7 Å². The maximum absolute atomic E-state index is 11.6. The summed E-state index contributed by atoms with van der Waals surface area (Å²) in [6.45, 7) is 6.01. The number of benzene rings is 1. The van der Waals surface area contributed by atoms with Crippen molar-refractivity contribution in [3.05, 3.63) is 28.2 Å². The van der Waals surface area contributed by atoms with Crippen LogP contribution in [-0.4, -0.2) is 18.0 Å². The number of carbonyl (C=O) groups is 1. The minimum atomic E-state index is -0.232. The van der Waals surface area contributed by atoms with Gasteiger partial charge in [-0.15, -0.1) is 0 Å². The van der Waals surface area contributed by atoms with Gasteiger partial charge in [-0.05, 0) is 54.9 Å². The summed E-state index contributed by atoms with van der Waals surface area (Å²) in [6, 6.07) is 7.32. The predicted octanol–water partition coefficient (Wildman–Crippen LogP) is 2.65. The first-order chi connectivity index (χ1) is 8.31. The van der Waals surface area contributed by atoms with Gasteiger partial charge in [-0.2, -0.15) is 5.26 Å². The quantitative estimate of drug-likeness (QED) is 0.902. The average molecular weight is 310 g/mol. The molecule has 2 N–H and O–H groups in total. The molecule has 5 heteroatoms. The maximum atomic E-state index is 11.6. The van der Waals surface area contributed by atoms with E-state index in [0.717, 1.165) is 5.69 Å². The molecule has 0 bridgehead atoms. The average Bonchev–Trinajstić information content (AvgIpc) is 2.24. The number of hydrogen-bond donors (Lipinski definition) is 2. The summed E-state index contributed by atoms with van der Waals surface area (Å²) >= 11 is 3.30. The zero-order chi connectivity index (χ0) is 13.8. The van der Waals surface area contributed by atoms with Crippen LogP contribution >= 0.6 is 15.9 Å². The molecular weight excluding hydrogens is 294 g/mol. The van der Waals surface area contributed by atoms with E-state index in [1.807, 2.05) is 20.8 Å². The summed E-state index contributed by atoms with van der Waals surface area (Å²) in [5.41, 5.74) is 1.13. The summed E-state index contributed by atoms with van der Waals surface area (Å²) in [6.07, 6.45) is 0. The third-order valence-corrected chi connectivity index (χ3v) is 2.71. The SMILES string of the molecule is CC(C)(C)NC(=O)CNc1ccc(C#N)c(Br)c1. The normalized spacial score (nSPS) is 10.6. The van der Waals surface area contributed by atoms with Gasteiger partial charge in [0.2, 0.25) is 5.91 Å². The van der Waals surface area contributed by atoms with Gasteiger partial charge in [-0.25, -0.2) is 0 Å². The second-order valence-corrected chi connectivity index (χ2v) is 5.81. The molecule has 0 heterocycles. The van der Waals surface area contributed by atoms with E-state index >= 15 is 0 Å². The minimum Gasteiger partial charge on any atom is -0.376 e. The predicted molar refractivity (Wildman–Crippen MR) is 75.2 cm³/mol. The fourth-order valence-electron chi connectivity index (χ4n) is 1.36. The van der Waals surface area contributed by atoms with Gasteiger partial charge in [0.05, 0.1) is 12.1 Å². The molecule has 0 aliphatic rings. The van der Waals surface area contributed by atoms with E-state index in [9.17, 15) is 4.79 Å². The molecule has 0 saturated heterocycles. The van der Waals surface area contributed by atoms with Gasteiger partial charge in [0.1, 0.15) is 6.07 Å². The van der Waals surface area contributed by atoms with Gasteiger partial charge in [0.15, 0.2) is 0 Å². The van der Waals surface area contributed by atoms with Crippen LogP contribution in [0.4, 0.5) is 5.69 Å². The van der Waals surface area contributed by atoms with Crippen LogP contribution < -0.4 is 10.6 Å². The van der Waals surface area contributed by atoms with Crippen molar-refractivity contribution in [3.63, 3.8) is 0 Å². The smallest absolute Gasteiger partial charge is 0.239 e. The Hall–Kier alpha value is -1.54. The number of amides is 1. The van der Waals surface area contributed by atoms with E-state index in [1.165, 1.54) is 0 Å². The summed E-state index contributed by atoms with van der Waals surface area (Å²) in [5, 5.41) is 14.7. The maximum Gasteiger partial charge on any atom is 0.239 e. The van der Waals surface area contributed by atoms with Crippen LogP contribution in [0.3, 0.4) is 0 Å². The lowest BCUT2D eigenvalue weighted by Gasteiger charge is -2.20. The van der Waals surface area contributed by atoms with Crippen molar-refractivity contribution in [2.45, 2.75) is 26.3 Å². The highest BCUT2D eigenvalue weighted by Gasteiger charge is 2.13. The Morgan fingerprint density at radius 3 is 2.61 bits per heavy atom. The molecule has 0 fully saturated rings. The highest BCUT2D eigenvalue weighted by atomic mass is 79.9. The first-order valence-electron chi connectivity index (χ1n) is 5.56. The Kier molecular flexibility index (Phi) is 4.74. The number of carbonyl (C=O) groups excluding carboxylic acids is 1. The molecule has 1 aromatic carbocycles. The number of nitrogens with one attached hydrogen (secondary N) is 2. The lowest BCUT2D eigenvalue weighted by Crippen LogP contribution is -2.43. The zero-order valence-corrected chi connectivity index (χ0v) is 12.3. The Morgan fingerprint density at radius 2 is 2.11 bits per heavy atom. The highest BCUT2D eigenvalue weighted by molar-refractivity contribution is 9.10. The van der Waals surface area contributed by atoms with Crippen LogP contribution in [0.5, 0.6) is 0 Å². The lowest BCUT2D eigenvalue weighted by atomic mass is 10.1. The van der Waals surface area contributed by atoms with Crippen molar-refractivity contribution in [1.82, 2.24) is 5.32 Å². The molecule has 0 saturated carbocycles. The first-order valence-corrected chi connectivity index (χ1v) is 6.35. The second-order valence-electron chi connectivity index (χ2n) is 4.96. The molecule has 0 unspecified atom stereocenters. The van der Waals surface area contributed by atoms with Crippen LogP contribution in [0.1, 0.15) is 26.3 Å². The molecule has 4 nitrogen and oxygen atoms in total. The standard InChI is InChI=1S/C13H16BrN3O/c1-13(2,3)17-12(18)8-16-10-5-4-9(7-15)11(14)6-10/h4-6,16H,8H2,1-3H3,(H,17,18). The van der Waals surface area contributed by atoms with Gasteiger partial charge in [0.25, 0.3) is 0 Å². The Labute approximate surface area is 116 Å². The molecule has 1 amide bonds. The van der Waals surface area contributed by atoms with Crippen LogP contribution in [0.25, 0.3) is 0 Å². The van der Waals surface area contributed by atoms with E-state index < -0.39 is 0 Å². The molecular formula is C13H16BrN3O. The van der Waals surface area contributed by atoms with Gasteiger partial charge in [0, 0.05) is 15.7 Å². The topological polar surface area (TPSA) is 64.9 Å². The van der Waals surface area contributed by atoms with E-state index in [4.69, 9.17) is 5.26 Å². The summed E-state index contributed by atoms with van der Waals surface area (Å²) in [7, 11) is 0. The Morgan fingerprint density at radius 1 is 1.44 bits per heavy atom. The first kappa shape index (κ1) is 14.5. The fourth-order valence-corrected chi connectivity index (χ4v) is 1.83. The minimum absolute atomic E-state index is 0.0667. The molecule has 0 aliphatic heterocycles. The van der Waals surface area contributed by atoms with Crippen LogP contribution in [0.2, 0.25) is 0 Å². The highest BCUT2D eigenvalue weighted by Crippen LogP contribution is 2.20. The van der Waals surface area contributed by atoms with Crippen molar-refractivity contribution in [3.8, 4) is 6.07 Å². The third kappa shape index (κ3) is 4.76. The number of rotatable bonds is 3. The summed E-state index contributed by atoms with van der Waals surface area (Å²) < 4.78 is 0.714. The van der Waals surface area contributed by atoms with Crippen molar-refractivity contribution in [1.29, 1.82) is 5.26 Å². The van der Waals surface area contributed by atoms with Gasteiger partial charge >= 0.3 is 0 Å². The van der Waals surface area contributed by atoms with E-state index in [2.05, 4.69) is 32.6 Å². The largest absolute Gasteiger partial charge is 0.376 e. The number of anilines is 1. The molecule has 0 spiro atoms. The number of halogens is 1. The molecule has 18 heavy (non-hydrogen) atoms. The summed E-state index contributed by atoms with van der Waals surface area (Å²) in [5.74, 6) is -0.0667. The monoisotopic (exact) mass is 309 g/mol. The second kappa shape index (κ2) is 5.87. The van der Waals surface area contributed by atoms with Crippen LogP contribution in [-0.2, 0) is 4.79 Å². The molecule has 0 aliphatic carbocycles. The number of nitrogens with zero attached hydrogens (tertiary/aromatic N) is 1. The van der Waals surface area contributed by atoms with Crippen molar-refractivity contribution in [2.75, 3.05) is 11.9 Å².